The van der Waals surface area contributed by atoms with Gasteiger partial charge in [0.25, 0.3) is 0 Å². The number of hydrogen-bond donors (Lipinski definition) is 0. The number of aryl methyl sites for hydroxylation is 1. The van der Waals surface area contributed by atoms with Gasteiger partial charge in [-0.05, 0) is 44.5 Å². The molecule has 2 rings (SSSR count). The first-order valence-corrected chi connectivity index (χ1v) is 8.75. The predicted molar refractivity (Wildman–Crippen MR) is 104 cm³/mol. The third-order valence-corrected chi connectivity index (χ3v) is 3.90. The number of ketones is 1. The van der Waals surface area contributed by atoms with Gasteiger partial charge in [-0.25, -0.2) is 4.79 Å². The average molecular weight is 368 g/mol. The highest BCUT2D eigenvalue weighted by Gasteiger charge is 2.18. The molecule has 0 aliphatic rings. The summed E-state index contributed by atoms with van der Waals surface area (Å²) in [5.74, 6) is 0.391. The number of Topliss-reactive ketones (excluding diaryl/α,β-unsaturated/α-hetero) is 1. The molecular weight excluding hydrogens is 344 g/mol. The lowest BCUT2D eigenvalue weighted by Crippen LogP contribution is -2.23. The third-order valence-electron chi connectivity index (χ3n) is 3.90. The van der Waals surface area contributed by atoms with Gasteiger partial charge >= 0.3 is 5.97 Å². The van der Waals surface area contributed by atoms with Crippen molar-refractivity contribution in [3.63, 3.8) is 0 Å². The van der Waals surface area contributed by atoms with Crippen molar-refractivity contribution in [2.45, 2.75) is 26.9 Å². The van der Waals surface area contributed by atoms with Crippen LogP contribution in [-0.4, -0.2) is 31.6 Å². The molecule has 2 aromatic rings. The van der Waals surface area contributed by atoms with Crippen LogP contribution in [0.2, 0.25) is 0 Å². The van der Waals surface area contributed by atoms with Gasteiger partial charge in [-0.1, -0.05) is 35.9 Å². The molecule has 0 aliphatic heterocycles. The van der Waals surface area contributed by atoms with Crippen LogP contribution in [0.25, 0.3) is 6.08 Å². The maximum Gasteiger partial charge on any atom is 0.331 e. The van der Waals surface area contributed by atoms with Crippen LogP contribution >= 0.6 is 0 Å². The molecule has 0 N–H and O–H groups in total. The monoisotopic (exact) mass is 368 g/mol. The molecule has 0 aliphatic carbocycles. The second-order valence-corrected chi connectivity index (χ2v) is 5.99. The topological polar surface area (TPSA) is 61.8 Å². The van der Waals surface area contributed by atoms with Crippen LogP contribution in [0.4, 0.5) is 0 Å². The van der Waals surface area contributed by atoms with Crippen molar-refractivity contribution in [3.8, 4) is 11.5 Å². The van der Waals surface area contributed by atoms with Crippen LogP contribution in [0.1, 0.15) is 35.3 Å². The van der Waals surface area contributed by atoms with Crippen LogP contribution in [0.5, 0.6) is 11.5 Å². The van der Waals surface area contributed by atoms with Crippen molar-refractivity contribution in [2.75, 3.05) is 13.7 Å². The van der Waals surface area contributed by atoms with Gasteiger partial charge < -0.3 is 14.2 Å². The summed E-state index contributed by atoms with van der Waals surface area (Å²) in [7, 11) is 1.55. The van der Waals surface area contributed by atoms with Crippen molar-refractivity contribution in [1.29, 1.82) is 0 Å². The molecule has 1 unspecified atom stereocenters. The molecule has 142 valence electrons. The summed E-state index contributed by atoms with van der Waals surface area (Å²) in [6.07, 6.45) is 2.03. The SMILES string of the molecule is CCOc1ccc(/C=C/C(=O)OC(C)C(=O)c2ccc(C)cc2)cc1OC. The van der Waals surface area contributed by atoms with Crippen LogP contribution in [0.15, 0.2) is 48.5 Å². The van der Waals surface area contributed by atoms with Gasteiger partial charge in [0.1, 0.15) is 0 Å². The number of esters is 1. The van der Waals surface area contributed by atoms with E-state index in [0.29, 0.717) is 23.7 Å². The average Bonchev–Trinajstić information content (AvgIpc) is 2.67. The van der Waals surface area contributed by atoms with Gasteiger partial charge in [-0.15, -0.1) is 0 Å². The van der Waals surface area contributed by atoms with Gasteiger partial charge in [-0.3, -0.25) is 4.79 Å². The zero-order valence-corrected chi connectivity index (χ0v) is 16.0. The first kappa shape index (κ1) is 20.2. The Kier molecular flexibility index (Phi) is 7.17. The number of methoxy groups -OCH3 is 1. The predicted octanol–water partition coefficient (Wildman–Crippen LogP) is 4.23. The fourth-order valence-corrected chi connectivity index (χ4v) is 2.45. The van der Waals surface area contributed by atoms with E-state index in [1.165, 1.54) is 6.08 Å². The molecule has 0 bridgehead atoms. The highest BCUT2D eigenvalue weighted by atomic mass is 16.5. The lowest BCUT2D eigenvalue weighted by atomic mass is 10.1. The summed E-state index contributed by atoms with van der Waals surface area (Å²) in [5, 5.41) is 0. The molecular formula is C22H24O5. The maximum absolute atomic E-state index is 12.3. The number of benzene rings is 2. The Hall–Kier alpha value is -3.08. The van der Waals surface area contributed by atoms with E-state index in [4.69, 9.17) is 14.2 Å². The first-order valence-electron chi connectivity index (χ1n) is 8.75. The first-order chi connectivity index (χ1) is 12.9. The summed E-state index contributed by atoms with van der Waals surface area (Å²) in [6, 6.07) is 12.5. The minimum atomic E-state index is -0.861. The Bertz CT molecular complexity index is 821. The molecule has 0 saturated heterocycles. The molecule has 0 amide bonds. The number of ether oxygens (including phenoxy) is 3. The van der Waals surface area contributed by atoms with E-state index in [9.17, 15) is 9.59 Å². The van der Waals surface area contributed by atoms with Crippen molar-refractivity contribution < 1.29 is 23.8 Å². The maximum atomic E-state index is 12.3. The Morgan fingerprint density at radius 1 is 1.07 bits per heavy atom. The second kappa shape index (κ2) is 9.57. The number of carbonyl (C=O) groups is 2. The van der Waals surface area contributed by atoms with E-state index in [1.54, 1.807) is 50.4 Å². The van der Waals surface area contributed by atoms with Crippen LogP contribution in [-0.2, 0) is 9.53 Å². The molecule has 0 fully saturated rings. The van der Waals surface area contributed by atoms with Crippen molar-refractivity contribution in [1.82, 2.24) is 0 Å². The summed E-state index contributed by atoms with van der Waals surface area (Å²) < 4.78 is 15.9. The Labute approximate surface area is 159 Å². The third kappa shape index (κ3) is 5.71. The quantitative estimate of drug-likeness (QED) is 0.396. The minimum Gasteiger partial charge on any atom is -0.493 e. The number of carbonyl (C=O) groups excluding carboxylic acids is 2. The van der Waals surface area contributed by atoms with Gasteiger partial charge in [0.05, 0.1) is 13.7 Å². The fourth-order valence-electron chi connectivity index (χ4n) is 2.45. The molecule has 0 saturated carbocycles. The van der Waals surface area contributed by atoms with Crippen molar-refractivity contribution >= 4 is 17.8 Å². The van der Waals surface area contributed by atoms with E-state index in [1.807, 2.05) is 26.0 Å². The largest absolute Gasteiger partial charge is 0.493 e. The van der Waals surface area contributed by atoms with Gasteiger partial charge in [-0.2, -0.15) is 0 Å². The summed E-state index contributed by atoms with van der Waals surface area (Å²) >= 11 is 0. The number of hydrogen-bond acceptors (Lipinski definition) is 5. The summed E-state index contributed by atoms with van der Waals surface area (Å²) in [6.45, 7) is 5.93. The van der Waals surface area contributed by atoms with Gasteiger partial charge in [0.15, 0.2) is 17.6 Å². The Morgan fingerprint density at radius 2 is 1.78 bits per heavy atom. The van der Waals surface area contributed by atoms with Gasteiger partial charge in [0, 0.05) is 11.6 Å². The normalized spacial score (nSPS) is 11.9. The lowest BCUT2D eigenvalue weighted by molar-refractivity contribution is -0.140. The second-order valence-electron chi connectivity index (χ2n) is 5.99. The summed E-state index contributed by atoms with van der Waals surface area (Å²) in [4.78, 5) is 24.3. The molecule has 5 nitrogen and oxygen atoms in total. The van der Waals surface area contributed by atoms with E-state index < -0.39 is 12.1 Å². The molecule has 1 atom stereocenters. The van der Waals surface area contributed by atoms with Crippen LogP contribution in [0.3, 0.4) is 0 Å². The molecule has 2 aromatic carbocycles. The lowest BCUT2D eigenvalue weighted by Gasteiger charge is -2.11. The molecule has 0 aromatic heterocycles. The van der Waals surface area contributed by atoms with E-state index in [2.05, 4.69) is 0 Å². The minimum absolute atomic E-state index is 0.237. The summed E-state index contributed by atoms with van der Waals surface area (Å²) in [5.41, 5.74) is 2.33. The standard InChI is InChI=1S/C22H24O5/c1-5-26-19-12-8-17(14-20(19)25-4)9-13-21(23)27-16(3)22(24)18-10-6-15(2)7-11-18/h6-14,16H,5H2,1-4H3/b13-9+. The zero-order valence-electron chi connectivity index (χ0n) is 16.0. The van der Waals surface area contributed by atoms with Crippen molar-refractivity contribution in [3.05, 3.63) is 65.2 Å². The molecule has 27 heavy (non-hydrogen) atoms. The molecule has 5 heteroatoms. The molecule has 0 heterocycles. The van der Waals surface area contributed by atoms with Gasteiger partial charge in [0.2, 0.25) is 5.78 Å². The van der Waals surface area contributed by atoms with E-state index in [-0.39, 0.29) is 5.78 Å². The van der Waals surface area contributed by atoms with Crippen molar-refractivity contribution in [2.24, 2.45) is 0 Å². The highest BCUT2D eigenvalue weighted by Crippen LogP contribution is 2.28. The number of rotatable bonds is 8. The Balaban J connectivity index is 2.00. The smallest absolute Gasteiger partial charge is 0.331 e. The van der Waals surface area contributed by atoms with E-state index in [0.717, 1.165) is 11.1 Å². The van der Waals surface area contributed by atoms with Crippen LogP contribution < -0.4 is 9.47 Å². The van der Waals surface area contributed by atoms with E-state index >= 15 is 0 Å². The highest BCUT2D eigenvalue weighted by molar-refractivity contribution is 6.01. The molecule has 0 spiro atoms. The molecule has 0 radical (unpaired) electrons. The Morgan fingerprint density at radius 3 is 2.41 bits per heavy atom. The fraction of sp³-hybridized carbons (Fsp3) is 0.273. The zero-order chi connectivity index (χ0) is 19.8. The van der Waals surface area contributed by atoms with Crippen LogP contribution in [0, 0.1) is 6.92 Å².